The number of benzene rings is 1. The summed E-state index contributed by atoms with van der Waals surface area (Å²) in [6.07, 6.45) is 0.178. The summed E-state index contributed by atoms with van der Waals surface area (Å²) in [5, 5.41) is 0. The summed E-state index contributed by atoms with van der Waals surface area (Å²) in [6.45, 7) is 7.28. The highest BCUT2D eigenvalue weighted by Crippen LogP contribution is 2.37. The van der Waals surface area contributed by atoms with Crippen molar-refractivity contribution < 1.29 is 9.59 Å². The lowest BCUT2D eigenvalue weighted by Gasteiger charge is -2.40. The standard InChI is InChI=1S/C20H25N5O2/c1-5-23-13(2)14(3)25-16-17(21-19(23)25)22(4)20(27)24(18(16)26)12-11-15-9-7-6-8-10-15/h6-10,16-17H,5,11-12H2,1-4H3. The largest absolute Gasteiger partial charge is 0.328 e. The Labute approximate surface area is 159 Å². The maximum absolute atomic E-state index is 13.3. The molecular formula is C20H25N5O2. The Balaban J connectivity index is 1.61. The van der Waals surface area contributed by atoms with E-state index in [1.165, 1.54) is 4.90 Å². The van der Waals surface area contributed by atoms with Crippen LogP contribution in [0.2, 0.25) is 0 Å². The van der Waals surface area contributed by atoms with Crippen molar-refractivity contribution in [2.75, 3.05) is 20.1 Å². The second-order valence-electron chi connectivity index (χ2n) is 7.19. The van der Waals surface area contributed by atoms with Crippen LogP contribution in [0.4, 0.5) is 4.79 Å². The molecule has 0 aromatic heterocycles. The number of nitrogens with zero attached hydrogens (tertiary/aromatic N) is 5. The monoisotopic (exact) mass is 367 g/mol. The van der Waals surface area contributed by atoms with Gasteiger partial charge >= 0.3 is 6.03 Å². The van der Waals surface area contributed by atoms with Crippen molar-refractivity contribution in [3.8, 4) is 0 Å². The molecule has 1 aromatic rings. The Hall–Kier alpha value is -2.83. The van der Waals surface area contributed by atoms with Crippen LogP contribution in [0.3, 0.4) is 0 Å². The van der Waals surface area contributed by atoms with Crippen LogP contribution in [0.25, 0.3) is 0 Å². The Kier molecular flexibility index (Phi) is 4.17. The molecule has 3 amide bonds. The Morgan fingerprint density at radius 1 is 1.04 bits per heavy atom. The third kappa shape index (κ3) is 2.52. The summed E-state index contributed by atoms with van der Waals surface area (Å²) in [6, 6.07) is 9.16. The highest BCUT2D eigenvalue weighted by atomic mass is 16.2. The number of aliphatic imine (C=N–C) groups is 1. The molecule has 7 heteroatoms. The molecule has 1 fully saturated rings. The molecule has 3 aliphatic rings. The Morgan fingerprint density at radius 2 is 1.74 bits per heavy atom. The van der Waals surface area contributed by atoms with Gasteiger partial charge in [-0.15, -0.1) is 0 Å². The summed E-state index contributed by atoms with van der Waals surface area (Å²) in [5.41, 5.74) is 3.25. The minimum absolute atomic E-state index is 0.164. The van der Waals surface area contributed by atoms with E-state index >= 15 is 0 Å². The summed E-state index contributed by atoms with van der Waals surface area (Å²) in [7, 11) is 1.73. The number of hydrogen-bond acceptors (Lipinski definition) is 5. The van der Waals surface area contributed by atoms with Gasteiger partial charge in [-0.3, -0.25) is 14.6 Å². The zero-order valence-corrected chi connectivity index (χ0v) is 16.2. The van der Waals surface area contributed by atoms with Gasteiger partial charge in [-0.2, -0.15) is 0 Å². The van der Waals surface area contributed by atoms with Crippen molar-refractivity contribution >= 4 is 17.9 Å². The maximum Gasteiger partial charge on any atom is 0.328 e. The average Bonchev–Trinajstić information content (AvgIpc) is 3.17. The van der Waals surface area contributed by atoms with E-state index in [0.717, 1.165) is 29.5 Å². The van der Waals surface area contributed by atoms with Crippen molar-refractivity contribution in [1.82, 2.24) is 19.6 Å². The van der Waals surface area contributed by atoms with Gasteiger partial charge in [0, 0.05) is 31.5 Å². The molecule has 0 radical (unpaired) electrons. The number of amides is 3. The predicted octanol–water partition coefficient (Wildman–Crippen LogP) is 2.08. The molecule has 3 heterocycles. The third-order valence-corrected chi connectivity index (χ3v) is 5.79. The van der Waals surface area contributed by atoms with E-state index in [0.29, 0.717) is 13.0 Å². The van der Waals surface area contributed by atoms with Crippen LogP contribution in [0.15, 0.2) is 46.7 Å². The van der Waals surface area contributed by atoms with Crippen LogP contribution < -0.4 is 0 Å². The average molecular weight is 367 g/mol. The molecule has 0 bridgehead atoms. The first-order valence-electron chi connectivity index (χ1n) is 9.39. The Morgan fingerprint density at radius 3 is 2.41 bits per heavy atom. The molecule has 1 saturated heterocycles. The summed E-state index contributed by atoms with van der Waals surface area (Å²) < 4.78 is 0. The minimum Gasteiger partial charge on any atom is -0.315 e. The van der Waals surface area contributed by atoms with Gasteiger partial charge < -0.3 is 9.80 Å². The lowest BCUT2D eigenvalue weighted by Crippen LogP contribution is -2.64. The van der Waals surface area contributed by atoms with Crippen molar-refractivity contribution in [3.05, 3.63) is 47.3 Å². The fourth-order valence-electron chi connectivity index (χ4n) is 4.15. The zero-order chi connectivity index (χ0) is 19.3. The molecular weight excluding hydrogens is 342 g/mol. The number of imide groups is 1. The summed E-state index contributed by atoms with van der Waals surface area (Å²) in [5.74, 6) is 0.614. The highest BCUT2D eigenvalue weighted by molar-refractivity contribution is 6.05. The number of carbonyl (C=O) groups excluding carboxylic acids is 2. The number of guanidine groups is 1. The number of urea groups is 1. The molecule has 0 saturated carbocycles. The first-order valence-corrected chi connectivity index (χ1v) is 9.39. The van der Waals surface area contributed by atoms with E-state index in [2.05, 4.69) is 11.8 Å². The van der Waals surface area contributed by atoms with Crippen molar-refractivity contribution in [3.63, 3.8) is 0 Å². The van der Waals surface area contributed by atoms with Gasteiger partial charge in [0.2, 0.25) is 5.96 Å². The molecule has 0 spiro atoms. The minimum atomic E-state index is -0.482. The Bertz CT molecular complexity index is 847. The van der Waals surface area contributed by atoms with Gasteiger partial charge in [-0.25, -0.2) is 9.79 Å². The smallest absolute Gasteiger partial charge is 0.315 e. The molecule has 3 aliphatic heterocycles. The normalized spacial score (nSPS) is 24.7. The number of carbonyl (C=O) groups is 2. The second-order valence-corrected chi connectivity index (χ2v) is 7.19. The summed E-state index contributed by atoms with van der Waals surface area (Å²) >= 11 is 0. The van der Waals surface area contributed by atoms with Crippen LogP contribution in [0.5, 0.6) is 0 Å². The second kappa shape index (κ2) is 6.40. The van der Waals surface area contributed by atoms with Crippen LogP contribution in [-0.4, -0.2) is 69.8 Å². The van der Waals surface area contributed by atoms with Gasteiger partial charge in [0.15, 0.2) is 12.2 Å². The molecule has 142 valence electrons. The molecule has 27 heavy (non-hydrogen) atoms. The predicted molar refractivity (Wildman–Crippen MR) is 103 cm³/mol. The van der Waals surface area contributed by atoms with Crippen LogP contribution in [-0.2, 0) is 11.2 Å². The number of rotatable bonds is 4. The topological polar surface area (TPSA) is 59.5 Å². The van der Waals surface area contributed by atoms with E-state index in [1.54, 1.807) is 11.9 Å². The van der Waals surface area contributed by atoms with Gasteiger partial charge in [0.25, 0.3) is 5.91 Å². The van der Waals surface area contributed by atoms with Crippen LogP contribution >= 0.6 is 0 Å². The van der Waals surface area contributed by atoms with E-state index in [-0.39, 0.29) is 11.9 Å². The molecule has 0 N–H and O–H groups in total. The van der Waals surface area contributed by atoms with E-state index in [9.17, 15) is 9.59 Å². The number of hydrogen-bond donors (Lipinski definition) is 0. The number of likely N-dealkylation sites (N-methyl/N-ethyl adjacent to an activating group) is 1. The third-order valence-electron chi connectivity index (χ3n) is 5.79. The van der Waals surface area contributed by atoms with Gasteiger partial charge in [-0.05, 0) is 32.8 Å². The fraction of sp³-hybridized carbons (Fsp3) is 0.450. The van der Waals surface area contributed by atoms with Crippen molar-refractivity contribution in [2.45, 2.75) is 39.4 Å². The highest BCUT2D eigenvalue weighted by Gasteiger charge is 2.55. The zero-order valence-electron chi connectivity index (χ0n) is 16.2. The number of fused-ring (bicyclic) bond motifs is 3. The maximum atomic E-state index is 13.3. The molecule has 0 aliphatic carbocycles. The lowest BCUT2D eigenvalue weighted by atomic mass is 10.1. The molecule has 7 nitrogen and oxygen atoms in total. The molecule has 2 atom stereocenters. The SMILES string of the molecule is CCN1C2=NC3C(C(=O)N(CCc4ccccc4)C(=O)N3C)N2C(C)=C1C. The lowest BCUT2D eigenvalue weighted by molar-refractivity contribution is -0.136. The van der Waals surface area contributed by atoms with Gasteiger partial charge in [0.1, 0.15) is 0 Å². The van der Waals surface area contributed by atoms with Crippen molar-refractivity contribution in [2.24, 2.45) is 4.99 Å². The summed E-state index contributed by atoms with van der Waals surface area (Å²) in [4.78, 5) is 38.0. The first-order chi connectivity index (χ1) is 13.0. The van der Waals surface area contributed by atoms with Gasteiger partial charge in [-0.1, -0.05) is 30.3 Å². The molecule has 2 unspecified atom stereocenters. The fourth-order valence-corrected chi connectivity index (χ4v) is 4.15. The molecule has 4 rings (SSSR count). The van der Waals surface area contributed by atoms with E-state index in [4.69, 9.17) is 4.99 Å². The number of allylic oxidation sites excluding steroid dienone is 2. The quantitative estimate of drug-likeness (QED) is 0.818. The van der Waals surface area contributed by atoms with Crippen LogP contribution in [0.1, 0.15) is 26.3 Å². The van der Waals surface area contributed by atoms with Gasteiger partial charge in [0.05, 0.1) is 0 Å². The first kappa shape index (κ1) is 17.6. The van der Waals surface area contributed by atoms with E-state index < -0.39 is 12.2 Å². The van der Waals surface area contributed by atoms with Crippen LogP contribution in [0, 0.1) is 0 Å². The van der Waals surface area contributed by atoms with E-state index in [1.807, 2.05) is 49.1 Å². The molecule has 1 aromatic carbocycles. The van der Waals surface area contributed by atoms with Crippen molar-refractivity contribution in [1.29, 1.82) is 0 Å².